The van der Waals surface area contributed by atoms with Crippen LogP contribution in [0.25, 0.3) is 0 Å². The van der Waals surface area contributed by atoms with Gasteiger partial charge in [0.05, 0.1) is 15.5 Å². The molecule has 104 valence electrons. The van der Waals surface area contributed by atoms with Crippen molar-refractivity contribution in [3.05, 3.63) is 50.7 Å². The molecule has 20 heavy (non-hydrogen) atoms. The number of nitrogens with zero attached hydrogens (tertiary/aromatic N) is 3. The lowest BCUT2D eigenvalue weighted by molar-refractivity contribution is -0.384. The summed E-state index contributed by atoms with van der Waals surface area (Å²) in [5.74, 6) is -0.351. The average molecular weight is 298 g/mol. The molecule has 1 aromatic heterocycles. The van der Waals surface area contributed by atoms with E-state index in [2.05, 4.69) is 10.2 Å². The summed E-state index contributed by atoms with van der Waals surface area (Å²) in [6.45, 7) is 1.36. The van der Waals surface area contributed by atoms with E-state index in [-0.39, 0.29) is 28.8 Å². The largest absolute Gasteiger partial charge is 0.452 e. The first-order valence-electron chi connectivity index (χ1n) is 5.37. The highest BCUT2D eigenvalue weighted by Gasteiger charge is 2.18. The second kappa shape index (κ2) is 5.66. The van der Waals surface area contributed by atoms with Crippen LogP contribution in [-0.4, -0.2) is 21.1 Å². The van der Waals surface area contributed by atoms with Crippen LogP contribution in [0.4, 0.5) is 5.69 Å². The van der Waals surface area contributed by atoms with Gasteiger partial charge in [-0.1, -0.05) is 11.6 Å². The fourth-order valence-electron chi connectivity index (χ4n) is 1.38. The van der Waals surface area contributed by atoms with Crippen molar-refractivity contribution in [3.63, 3.8) is 0 Å². The normalized spacial score (nSPS) is 10.3. The number of carbonyl (C=O) groups excluding carboxylic acids is 1. The third-order valence-corrected chi connectivity index (χ3v) is 2.60. The molecule has 2 aromatic rings. The van der Waals surface area contributed by atoms with Crippen LogP contribution in [0.5, 0.6) is 0 Å². The molecular weight excluding hydrogens is 290 g/mol. The molecule has 8 nitrogen and oxygen atoms in total. The molecule has 0 aliphatic heterocycles. The van der Waals surface area contributed by atoms with Crippen LogP contribution in [0.15, 0.2) is 22.6 Å². The van der Waals surface area contributed by atoms with Gasteiger partial charge in [-0.3, -0.25) is 10.1 Å². The van der Waals surface area contributed by atoms with Crippen LogP contribution in [0.3, 0.4) is 0 Å². The van der Waals surface area contributed by atoms with Crippen molar-refractivity contribution in [2.24, 2.45) is 0 Å². The highest BCUT2D eigenvalue weighted by Crippen LogP contribution is 2.23. The molecule has 0 aliphatic rings. The molecule has 0 amide bonds. The van der Waals surface area contributed by atoms with Gasteiger partial charge in [-0.2, -0.15) is 0 Å². The number of non-ortho nitro benzene ring substituents is 1. The fourth-order valence-corrected chi connectivity index (χ4v) is 1.58. The van der Waals surface area contributed by atoms with E-state index in [1.165, 1.54) is 12.1 Å². The number of nitro groups is 1. The summed E-state index contributed by atoms with van der Waals surface area (Å²) in [6, 6.07) is 3.50. The number of rotatable bonds is 4. The summed E-state index contributed by atoms with van der Waals surface area (Å²) < 4.78 is 9.92. The quantitative estimate of drug-likeness (QED) is 0.484. The average Bonchev–Trinajstić information content (AvgIpc) is 2.82. The Morgan fingerprint density at radius 2 is 2.25 bits per heavy atom. The summed E-state index contributed by atoms with van der Waals surface area (Å²) in [6.07, 6.45) is 0. The second-order valence-corrected chi connectivity index (χ2v) is 4.12. The molecule has 0 bridgehead atoms. The SMILES string of the molecule is Cc1nnc(COC(=O)c2cc([N+](=O)[O-])ccc2Cl)o1. The maximum absolute atomic E-state index is 11.8. The second-order valence-electron chi connectivity index (χ2n) is 3.71. The molecule has 0 atom stereocenters. The molecule has 0 saturated heterocycles. The summed E-state index contributed by atoms with van der Waals surface area (Å²) in [5, 5.41) is 17.9. The molecular formula is C11H8ClN3O5. The Balaban J connectivity index is 2.12. The molecule has 0 spiro atoms. The van der Waals surface area contributed by atoms with Gasteiger partial charge >= 0.3 is 5.97 Å². The van der Waals surface area contributed by atoms with E-state index in [1.807, 2.05) is 0 Å². The van der Waals surface area contributed by atoms with E-state index >= 15 is 0 Å². The highest BCUT2D eigenvalue weighted by molar-refractivity contribution is 6.33. The standard InChI is InChI=1S/C11H8ClN3O5/c1-6-13-14-10(20-6)5-19-11(16)8-4-7(15(17)18)2-3-9(8)12/h2-4H,5H2,1H3. The number of aryl methyl sites for hydroxylation is 1. The minimum atomic E-state index is -0.811. The monoisotopic (exact) mass is 297 g/mol. The zero-order chi connectivity index (χ0) is 14.7. The third kappa shape index (κ3) is 3.09. The molecule has 0 unspecified atom stereocenters. The maximum atomic E-state index is 11.8. The Labute approximate surface area is 117 Å². The van der Waals surface area contributed by atoms with E-state index in [1.54, 1.807) is 6.92 Å². The first kappa shape index (κ1) is 13.9. The van der Waals surface area contributed by atoms with Gasteiger partial charge in [0.2, 0.25) is 5.89 Å². The number of aromatic nitrogens is 2. The summed E-state index contributed by atoms with van der Waals surface area (Å²) in [7, 11) is 0. The molecule has 0 radical (unpaired) electrons. The molecule has 0 fully saturated rings. The molecule has 0 saturated carbocycles. The van der Waals surface area contributed by atoms with E-state index in [4.69, 9.17) is 20.8 Å². The lowest BCUT2D eigenvalue weighted by atomic mass is 10.2. The van der Waals surface area contributed by atoms with E-state index in [0.717, 1.165) is 6.07 Å². The highest BCUT2D eigenvalue weighted by atomic mass is 35.5. The zero-order valence-electron chi connectivity index (χ0n) is 10.2. The van der Waals surface area contributed by atoms with E-state index < -0.39 is 10.9 Å². The van der Waals surface area contributed by atoms with Crippen molar-refractivity contribution in [2.45, 2.75) is 13.5 Å². The Morgan fingerprint density at radius 1 is 1.50 bits per heavy atom. The van der Waals surface area contributed by atoms with Gasteiger partial charge in [0.25, 0.3) is 11.6 Å². The minimum Gasteiger partial charge on any atom is -0.452 e. The predicted molar refractivity (Wildman–Crippen MR) is 66.3 cm³/mol. The Kier molecular flexibility index (Phi) is 3.94. The van der Waals surface area contributed by atoms with Crippen LogP contribution < -0.4 is 0 Å². The first-order chi connectivity index (χ1) is 9.47. The zero-order valence-corrected chi connectivity index (χ0v) is 11.0. The number of esters is 1. The number of benzene rings is 1. The van der Waals surface area contributed by atoms with Crippen LogP contribution in [0.2, 0.25) is 5.02 Å². The lowest BCUT2D eigenvalue weighted by Crippen LogP contribution is -2.07. The van der Waals surface area contributed by atoms with E-state index in [0.29, 0.717) is 5.89 Å². The van der Waals surface area contributed by atoms with Gasteiger partial charge < -0.3 is 9.15 Å². The van der Waals surface area contributed by atoms with Gasteiger partial charge in [-0.05, 0) is 6.07 Å². The van der Waals surface area contributed by atoms with Crippen molar-refractivity contribution < 1.29 is 18.9 Å². The molecule has 0 N–H and O–H groups in total. The molecule has 1 aromatic carbocycles. The number of hydrogen-bond acceptors (Lipinski definition) is 7. The minimum absolute atomic E-state index is 0.0577. The molecule has 2 rings (SSSR count). The van der Waals surface area contributed by atoms with Crippen molar-refractivity contribution in [2.75, 3.05) is 0 Å². The fraction of sp³-hybridized carbons (Fsp3) is 0.182. The topological polar surface area (TPSA) is 108 Å². The number of carbonyl (C=O) groups is 1. The summed E-state index contributed by atoms with van der Waals surface area (Å²) in [5.41, 5.74) is -0.355. The number of nitro benzene ring substituents is 1. The van der Waals surface area contributed by atoms with Crippen LogP contribution >= 0.6 is 11.6 Å². The smallest absolute Gasteiger partial charge is 0.340 e. The molecule has 0 aliphatic carbocycles. The lowest BCUT2D eigenvalue weighted by Gasteiger charge is -2.04. The summed E-state index contributed by atoms with van der Waals surface area (Å²) >= 11 is 5.81. The van der Waals surface area contributed by atoms with Gasteiger partial charge in [0, 0.05) is 19.1 Å². The maximum Gasteiger partial charge on any atom is 0.340 e. The van der Waals surface area contributed by atoms with E-state index in [9.17, 15) is 14.9 Å². The van der Waals surface area contributed by atoms with Crippen LogP contribution in [0.1, 0.15) is 22.1 Å². The number of ether oxygens (including phenoxy) is 1. The predicted octanol–water partition coefficient (Wildman–Crippen LogP) is 2.30. The Bertz CT molecular complexity index is 670. The third-order valence-electron chi connectivity index (χ3n) is 2.28. The van der Waals surface area contributed by atoms with Crippen molar-refractivity contribution in [1.29, 1.82) is 0 Å². The van der Waals surface area contributed by atoms with Gasteiger partial charge in [0.1, 0.15) is 0 Å². The van der Waals surface area contributed by atoms with Crippen LogP contribution in [0, 0.1) is 17.0 Å². The van der Waals surface area contributed by atoms with Crippen molar-refractivity contribution in [1.82, 2.24) is 10.2 Å². The summed E-state index contributed by atoms with van der Waals surface area (Å²) in [4.78, 5) is 21.8. The number of hydrogen-bond donors (Lipinski definition) is 0. The van der Waals surface area contributed by atoms with Gasteiger partial charge in [0.15, 0.2) is 6.61 Å². The van der Waals surface area contributed by atoms with Gasteiger partial charge in [-0.25, -0.2) is 4.79 Å². The van der Waals surface area contributed by atoms with Gasteiger partial charge in [-0.15, -0.1) is 10.2 Å². The Hall–Kier alpha value is -2.48. The van der Waals surface area contributed by atoms with Crippen LogP contribution in [-0.2, 0) is 11.3 Å². The Morgan fingerprint density at radius 3 is 2.85 bits per heavy atom. The van der Waals surface area contributed by atoms with Crippen molar-refractivity contribution >= 4 is 23.3 Å². The number of halogens is 1. The molecule has 9 heteroatoms. The van der Waals surface area contributed by atoms with Crippen molar-refractivity contribution in [3.8, 4) is 0 Å². The first-order valence-corrected chi connectivity index (χ1v) is 5.75. The molecule has 1 heterocycles.